The highest BCUT2D eigenvalue weighted by Crippen LogP contribution is 2.29. The molecule has 0 bridgehead atoms. The van der Waals surface area contributed by atoms with Crippen LogP contribution in [-0.4, -0.2) is 27.0 Å². The van der Waals surface area contributed by atoms with E-state index in [0.29, 0.717) is 12.1 Å². The van der Waals surface area contributed by atoms with Crippen LogP contribution in [0.1, 0.15) is 18.1 Å². The Bertz CT molecular complexity index is 935. The fraction of sp³-hybridized carbons (Fsp3) is 0.167. The van der Waals surface area contributed by atoms with Crippen LogP contribution in [-0.2, 0) is 16.9 Å². The Morgan fingerprint density at radius 2 is 1.82 bits per heavy atom. The van der Waals surface area contributed by atoms with Crippen LogP contribution < -0.4 is 16.1 Å². The van der Waals surface area contributed by atoms with Crippen LogP contribution >= 0.6 is 12.2 Å². The van der Waals surface area contributed by atoms with Crippen LogP contribution in [0.5, 0.6) is 0 Å². The van der Waals surface area contributed by atoms with Crippen LogP contribution in [0.2, 0.25) is 0 Å². The van der Waals surface area contributed by atoms with E-state index >= 15 is 0 Å². The van der Waals surface area contributed by atoms with Gasteiger partial charge in [-0.2, -0.15) is 5.01 Å². The SMILES string of the molecule is C[C@@]1(c2ccc([N+](=O)[O-])cc2)NC(=O)N(NC(=S)NCc2ccccc2)C1=O. The minimum absolute atomic E-state index is 0.106. The molecule has 144 valence electrons. The first-order valence-electron chi connectivity index (χ1n) is 8.31. The molecule has 3 N–H and O–H groups in total. The number of non-ortho nitro benzene ring substituents is 1. The number of carbonyl (C=O) groups excluding carboxylic acids is 2. The first-order valence-corrected chi connectivity index (χ1v) is 8.72. The molecule has 28 heavy (non-hydrogen) atoms. The summed E-state index contributed by atoms with van der Waals surface area (Å²) in [7, 11) is 0. The molecule has 1 aliphatic rings. The van der Waals surface area contributed by atoms with Gasteiger partial charge in [-0.1, -0.05) is 30.3 Å². The van der Waals surface area contributed by atoms with Gasteiger partial charge in [0.2, 0.25) is 0 Å². The first-order chi connectivity index (χ1) is 13.3. The van der Waals surface area contributed by atoms with E-state index in [4.69, 9.17) is 12.2 Å². The van der Waals surface area contributed by atoms with Crippen molar-refractivity contribution in [2.45, 2.75) is 19.0 Å². The highest BCUT2D eigenvalue weighted by molar-refractivity contribution is 7.80. The first kappa shape index (κ1) is 19.2. The summed E-state index contributed by atoms with van der Waals surface area (Å²) in [5, 5.41) is 17.2. The van der Waals surface area contributed by atoms with Gasteiger partial charge in [0.05, 0.1) is 4.92 Å². The number of nitro groups is 1. The van der Waals surface area contributed by atoms with Crippen molar-refractivity contribution in [1.82, 2.24) is 21.1 Å². The second-order valence-electron chi connectivity index (χ2n) is 6.28. The molecule has 3 rings (SSSR count). The number of nitro benzene ring substituents is 1. The van der Waals surface area contributed by atoms with E-state index in [0.717, 1.165) is 10.6 Å². The number of urea groups is 1. The minimum atomic E-state index is -1.37. The average Bonchev–Trinajstić information content (AvgIpc) is 2.91. The van der Waals surface area contributed by atoms with Crippen LogP contribution in [0.25, 0.3) is 0 Å². The molecular formula is C18H17N5O4S. The van der Waals surface area contributed by atoms with Crippen molar-refractivity contribution in [3.8, 4) is 0 Å². The van der Waals surface area contributed by atoms with Crippen LogP contribution in [0, 0.1) is 10.1 Å². The summed E-state index contributed by atoms with van der Waals surface area (Å²) < 4.78 is 0. The Hall–Kier alpha value is -3.53. The quantitative estimate of drug-likeness (QED) is 0.304. The van der Waals surface area contributed by atoms with Gasteiger partial charge in [0.25, 0.3) is 11.6 Å². The van der Waals surface area contributed by atoms with Crippen molar-refractivity contribution < 1.29 is 14.5 Å². The molecule has 1 saturated heterocycles. The Balaban J connectivity index is 1.68. The van der Waals surface area contributed by atoms with Gasteiger partial charge in [-0.25, -0.2) is 4.79 Å². The molecule has 1 heterocycles. The third-order valence-corrected chi connectivity index (χ3v) is 4.59. The van der Waals surface area contributed by atoms with E-state index in [2.05, 4.69) is 16.1 Å². The van der Waals surface area contributed by atoms with Gasteiger partial charge < -0.3 is 10.6 Å². The maximum Gasteiger partial charge on any atom is 0.344 e. The molecule has 0 unspecified atom stereocenters. The zero-order valence-electron chi connectivity index (χ0n) is 14.8. The monoisotopic (exact) mass is 399 g/mol. The summed E-state index contributed by atoms with van der Waals surface area (Å²) in [4.78, 5) is 35.4. The van der Waals surface area contributed by atoms with E-state index in [1.165, 1.54) is 31.2 Å². The second-order valence-corrected chi connectivity index (χ2v) is 6.69. The molecule has 1 aliphatic heterocycles. The van der Waals surface area contributed by atoms with Crippen molar-refractivity contribution in [3.63, 3.8) is 0 Å². The molecule has 10 heteroatoms. The topological polar surface area (TPSA) is 117 Å². The van der Waals surface area contributed by atoms with Gasteiger partial charge in [0.1, 0.15) is 5.54 Å². The smallest absolute Gasteiger partial charge is 0.344 e. The van der Waals surface area contributed by atoms with Crippen LogP contribution in [0.4, 0.5) is 10.5 Å². The fourth-order valence-electron chi connectivity index (χ4n) is 2.77. The third kappa shape index (κ3) is 3.76. The van der Waals surface area contributed by atoms with Crippen LogP contribution in [0.15, 0.2) is 54.6 Å². The summed E-state index contributed by atoms with van der Waals surface area (Å²) in [6.07, 6.45) is 0. The third-order valence-electron chi connectivity index (χ3n) is 4.36. The number of nitrogens with zero attached hydrogens (tertiary/aromatic N) is 2. The summed E-state index contributed by atoms with van der Waals surface area (Å²) >= 11 is 5.16. The Morgan fingerprint density at radius 1 is 1.18 bits per heavy atom. The molecule has 0 spiro atoms. The lowest BCUT2D eigenvalue weighted by molar-refractivity contribution is -0.384. The maximum atomic E-state index is 12.8. The van der Waals surface area contributed by atoms with Crippen molar-refractivity contribution in [2.24, 2.45) is 0 Å². The minimum Gasteiger partial charge on any atom is -0.357 e. The zero-order chi connectivity index (χ0) is 20.3. The standard InChI is InChI=1S/C18H17N5O4S/c1-18(13-7-9-14(10-8-13)23(26)27)15(24)22(17(25)20-18)21-16(28)19-11-12-5-3-2-4-6-12/h2-10H,11H2,1H3,(H,20,25)(H2,19,21,28)/t18-/m0/s1. The molecule has 0 aromatic heterocycles. The molecular weight excluding hydrogens is 382 g/mol. The summed E-state index contributed by atoms with van der Waals surface area (Å²) in [5.41, 5.74) is 2.52. The van der Waals surface area contributed by atoms with Gasteiger partial charge in [-0.05, 0) is 42.4 Å². The zero-order valence-corrected chi connectivity index (χ0v) is 15.7. The fourth-order valence-corrected chi connectivity index (χ4v) is 2.94. The summed E-state index contributed by atoms with van der Waals surface area (Å²) in [6, 6.07) is 14.3. The maximum absolute atomic E-state index is 12.8. The van der Waals surface area contributed by atoms with Gasteiger partial charge in [0.15, 0.2) is 5.11 Å². The molecule has 1 fully saturated rings. The summed E-state index contributed by atoms with van der Waals surface area (Å²) in [6.45, 7) is 1.95. The Morgan fingerprint density at radius 3 is 2.43 bits per heavy atom. The Labute approximate surface area is 165 Å². The number of hydrogen-bond acceptors (Lipinski definition) is 5. The molecule has 0 saturated carbocycles. The molecule has 9 nitrogen and oxygen atoms in total. The molecule has 3 amide bonds. The molecule has 0 radical (unpaired) electrons. The number of hydrazine groups is 1. The lowest BCUT2D eigenvalue weighted by Gasteiger charge is -2.22. The Kier molecular flexibility index (Phi) is 5.23. The summed E-state index contributed by atoms with van der Waals surface area (Å²) in [5.74, 6) is -0.574. The predicted octanol–water partition coefficient (Wildman–Crippen LogP) is 1.94. The number of carbonyl (C=O) groups is 2. The highest BCUT2D eigenvalue weighted by Gasteiger charge is 2.49. The number of hydrogen-bond donors (Lipinski definition) is 3. The van der Waals surface area contributed by atoms with E-state index in [1.807, 2.05) is 30.3 Å². The van der Waals surface area contributed by atoms with E-state index in [1.54, 1.807) is 0 Å². The number of amides is 3. The largest absolute Gasteiger partial charge is 0.357 e. The molecule has 2 aromatic rings. The second kappa shape index (κ2) is 7.61. The van der Waals surface area contributed by atoms with Gasteiger partial charge in [0, 0.05) is 18.7 Å². The lowest BCUT2D eigenvalue weighted by Crippen LogP contribution is -2.51. The average molecular weight is 399 g/mol. The van der Waals surface area contributed by atoms with Gasteiger partial charge in [-0.15, -0.1) is 0 Å². The number of rotatable bonds is 5. The van der Waals surface area contributed by atoms with Gasteiger partial charge >= 0.3 is 6.03 Å². The predicted molar refractivity (Wildman–Crippen MR) is 105 cm³/mol. The normalized spacial score (nSPS) is 18.5. The van der Waals surface area contributed by atoms with E-state index in [-0.39, 0.29) is 10.8 Å². The highest BCUT2D eigenvalue weighted by atomic mass is 32.1. The van der Waals surface area contributed by atoms with Crippen molar-refractivity contribution in [1.29, 1.82) is 0 Å². The van der Waals surface area contributed by atoms with Crippen LogP contribution in [0.3, 0.4) is 0 Å². The number of nitrogens with one attached hydrogen (secondary N) is 3. The number of imide groups is 1. The van der Waals surface area contributed by atoms with E-state index in [9.17, 15) is 19.7 Å². The van der Waals surface area contributed by atoms with Crippen molar-refractivity contribution in [2.75, 3.05) is 0 Å². The molecule has 2 aromatic carbocycles. The lowest BCUT2D eigenvalue weighted by atomic mass is 9.92. The number of benzene rings is 2. The van der Waals surface area contributed by atoms with Gasteiger partial charge in [-0.3, -0.25) is 20.3 Å². The van der Waals surface area contributed by atoms with E-state index < -0.39 is 22.4 Å². The number of thiocarbonyl (C=S) groups is 1. The molecule has 0 aliphatic carbocycles. The van der Waals surface area contributed by atoms with Crippen molar-refractivity contribution in [3.05, 3.63) is 75.8 Å². The van der Waals surface area contributed by atoms with Crippen molar-refractivity contribution >= 4 is 35.0 Å². The molecule has 1 atom stereocenters.